The number of rotatable bonds is 3. The van der Waals surface area contributed by atoms with Crippen molar-refractivity contribution in [3.05, 3.63) is 21.6 Å². The predicted octanol–water partition coefficient (Wildman–Crippen LogP) is 2.20. The third-order valence-corrected chi connectivity index (χ3v) is 2.76. The lowest BCUT2D eigenvalue weighted by atomic mass is 10.2. The number of halogens is 1. The van der Waals surface area contributed by atoms with Crippen LogP contribution in [0.1, 0.15) is 31.2 Å². The van der Waals surface area contributed by atoms with Crippen LogP contribution in [0.15, 0.2) is 6.07 Å². The van der Waals surface area contributed by atoms with Gasteiger partial charge in [0.25, 0.3) is 0 Å². The van der Waals surface area contributed by atoms with Crippen LogP contribution in [-0.2, 0) is 11.3 Å². The van der Waals surface area contributed by atoms with Crippen LogP contribution in [0.3, 0.4) is 0 Å². The van der Waals surface area contributed by atoms with Crippen LogP contribution in [0.2, 0.25) is 0 Å². The van der Waals surface area contributed by atoms with Gasteiger partial charge in [-0.15, -0.1) is 11.3 Å². The van der Waals surface area contributed by atoms with Crippen molar-refractivity contribution in [1.29, 1.82) is 5.41 Å². The van der Waals surface area contributed by atoms with Crippen molar-refractivity contribution in [1.82, 2.24) is 5.32 Å². The number of ether oxygens (including phenoxy) is 1. The minimum Gasteiger partial charge on any atom is -0.444 e. The maximum atomic E-state index is 13.3. The predicted molar refractivity (Wildman–Crippen MR) is 68.4 cm³/mol. The van der Waals surface area contributed by atoms with Crippen molar-refractivity contribution in [3.63, 3.8) is 0 Å². The van der Waals surface area contributed by atoms with Gasteiger partial charge in [0.2, 0.25) is 0 Å². The number of amidine groups is 1. The van der Waals surface area contributed by atoms with Gasteiger partial charge in [-0.3, -0.25) is 5.41 Å². The third-order valence-electron chi connectivity index (χ3n) is 1.83. The second-order valence-corrected chi connectivity index (χ2v) is 5.76. The molecule has 18 heavy (non-hydrogen) atoms. The van der Waals surface area contributed by atoms with E-state index in [1.54, 1.807) is 20.8 Å². The van der Waals surface area contributed by atoms with Crippen molar-refractivity contribution in [2.75, 3.05) is 0 Å². The Morgan fingerprint density at radius 2 is 2.22 bits per heavy atom. The van der Waals surface area contributed by atoms with E-state index < -0.39 is 16.8 Å². The van der Waals surface area contributed by atoms with Gasteiger partial charge in [0.1, 0.15) is 11.4 Å². The molecule has 100 valence electrons. The van der Waals surface area contributed by atoms with Gasteiger partial charge < -0.3 is 15.8 Å². The molecule has 0 aliphatic carbocycles. The molecule has 0 fully saturated rings. The summed E-state index contributed by atoms with van der Waals surface area (Å²) in [6, 6.07) is 1.44. The second kappa shape index (κ2) is 5.34. The molecule has 0 aliphatic heterocycles. The lowest BCUT2D eigenvalue weighted by Crippen LogP contribution is -2.31. The lowest BCUT2D eigenvalue weighted by molar-refractivity contribution is 0.0524. The summed E-state index contributed by atoms with van der Waals surface area (Å²) in [7, 11) is 0. The van der Waals surface area contributed by atoms with E-state index >= 15 is 0 Å². The molecule has 0 aromatic carbocycles. The number of hydrogen-bond acceptors (Lipinski definition) is 4. The highest BCUT2D eigenvalue weighted by molar-refractivity contribution is 7.10. The van der Waals surface area contributed by atoms with Crippen LogP contribution in [-0.4, -0.2) is 17.5 Å². The Bertz CT molecular complexity index is 465. The van der Waals surface area contributed by atoms with Crippen LogP contribution >= 0.6 is 11.3 Å². The van der Waals surface area contributed by atoms with Crippen LogP contribution in [0.25, 0.3) is 0 Å². The summed E-state index contributed by atoms with van der Waals surface area (Å²) < 4.78 is 18.3. The number of thiophene rings is 1. The molecular weight excluding hydrogens is 257 g/mol. The molecule has 1 rings (SSSR count). The van der Waals surface area contributed by atoms with Gasteiger partial charge in [0.15, 0.2) is 5.13 Å². The molecule has 0 radical (unpaired) electrons. The first-order valence-corrected chi connectivity index (χ1v) is 6.10. The highest BCUT2D eigenvalue weighted by Crippen LogP contribution is 2.20. The van der Waals surface area contributed by atoms with Gasteiger partial charge in [-0.05, 0) is 26.8 Å². The fraction of sp³-hybridized carbons (Fsp3) is 0.455. The van der Waals surface area contributed by atoms with Gasteiger partial charge in [-0.25, -0.2) is 4.79 Å². The summed E-state index contributed by atoms with van der Waals surface area (Å²) >= 11 is 0.845. The van der Waals surface area contributed by atoms with Crippen molar-refractivity contribution < 1.29 is 13.9 Å². The smallest absolute Gasteiger partial charge is 0.407 e. The zero-order chi connectivity index (χ0) is 13.9. The fourth-order valence-electron chi connectivity index (χ4n) is 1.16. The molecule has 1 amide bonds. The topological polar surface area (TPSA) is 88.2 Å². The molecule has 0 unspecified atom stereocenters. The SMILES string of the molecule is CC(C)(C)OC(=O)NCc1cc(C(=N)N)c(F)s1. The van der Waals surface area contributed by atoms with Gasteiger partial charge in [-0.2, -0.15) is 4.39 Å². The molecule has 7 heteroatoms. The largest absolute Gasteiger partial charge is 0.444 e. The Kier molecular flexibility index (Phi) is 4.28. The number of alkyl carbamates (subject to hydrolysis) is 1. The summed E-state index contributed by atoms with van der Waals surface area (Å²) in [5.41, 5.74) is 4.69. The summed E-state index contributed by atoms with van der Waals surface area (Å²) in [5, 5.41) is 9.14. The van der Waals surface area contributed by atoms with E-state index in [4.69, 9.17) is 15.9 Å². The van der Waals surface area contributed by atoms with Crippen molar-refractivity contribution in [2.45, 2.75) is 32.9 Å². The van der Waals surface area contributed by atoms with Crippen molar-refractivity contribution >= 4 is 23.3 Å². The first-order valence-electron chi connectivity index (χ1n) is 5.28. The molecule has 1 aromatic rings. The Balaban J connectivity index is 2.57. The summed E-state index contributed by atoms with van der Waals surface area (Å²) in [6.45, 7) is 5.41. The summed E-state index contributed by atoms with van der Waals surface area (Å²) in [6.07, 6.45) is -0.569. The van der Waals surface area contributed by atoms with Crippen LogP contribution in [0.4, 0.5) is 9.18 Å². The zero-order valence-corrected chi connectivity index (χ0v) is 11.3. The van der Waals surface area contributed by atoms with Gasteiger partial charge in [0, 0.05) is 4.88 Å². The molecule has 1 aromatic heterocycles. The molecule has 0 saturated carbocycles. The maximum Gasteiger partial charge on any atom is 0.407 e. The highest BCUT2D eigenvalue weighted by atomic mass is 32.1. The van der Waals surface area contributed by atoms with Gasteiger partial charge >= 0.3 is 6.09 Å². The fourth-order valence-corrected chi connectivity index (χ4v) is 1.99. The number of hydrogen-bond donors (Lipinski definition) is 3. The monoisotopic (exact) mass is 273 g/mol. The molecule has 0 aliphatic rings. The van der Waals surface area contributed by atoms with Gasteiger partial charge in [-0.1, -0.05) is 0 Å². The standard InChI is InChI=1S/C11H16FN3O2S/c1-11(2,3)17-10(16)15-5-6-4-7(9(13)14)8(12)18-6/h4H,5H2,1-3H3,(H3,13,14)(H,15,16). The van der Waals surface area contributed by atoms with Gasteiger partial charge in [0.05, 0.1) is 12.1 Å². The lowest BCUT2D eigenvalue weighted by Gasteiger charge is -2.19. The highest BCUT2D eigenvalue weighted by Gasteiger charge is 2.17. The van der Waals surface area contributed by atoms with Crippen molar-refractivity contribution in [3.8, 4) is 0 Å². The molecule has 0 saturated heterocycles. The summed E-state index contributed by atoms with van der Waals surface area (Å²) in [4.78, 5) is 11.9. The maximum absolute atomic E-state index is 13.3. The molecule has 1 heterocycles. The average Bonchev–Trinajstić information content (AvgIpc) is 2.54. The normalized spacial score (nSPS) is 11.1. The Labute approximate surface area is 109 Å². The second-order valence-electron chi connectivity index (χ2n) is 4.67. The molecule has 0 bridgehead atoms. The Morgan fingerprint density at radius 1 is 1.61 bits per heavy atom. The van der Waals surface area contributed by atoms with Crippen LogP contribution in [0, 0.1) is 10.5 Å². The van der Waals surface area contributed by atoms with E-state index in [9.17, 15) is 9.18 Å². The third kappa shape index (κ3) is 4.33. The number of nitrogens with two attached hydrogens (primary N) is 1. The van der Waals surface area contributed by atoms with E-state index in [1.165, 1.54) is 6.07 Å². The Hall–Kier alpha value is -1.63. The minimum atomic E-state index is -0.574. The van der Waals surface area contributed by atoms with Crippen LogP contribution < -0.4 is 11.1 Å². The minimum absolute atomic E-state index is 0.0565. The summed E-state index contributed by atoms with van der Waals surface area (Å²) in [5.74, 6) is -0.327. The van der Waals surface area contributed by atoms with E-state index in [-0.39, 0.29) is 17.9 Å². The average molecular weight is 273 g/mol. The molecule has 0 atom stereocenters. The van der Waals surface area contributed by atoms with E-state index in [0.717, 1.165) is 11.3 Å². The molecular formula is C11H16FN3O2S. The number of carbonyl (C=O) groups excluding carboxylic acids is 1. The molecule has 5 nitrogen and oxygen atoms in total. The number of carbonyl (C=O) groups is 1. The molecule has 4 N–H and O–H groups in total. The van der Waals surface area contributed by atoms with E-state index in [0.29, 0.717) is 4.88 Å². The Morgan fingerprint density at radius 3 is 2.67 bits per heavy atom. The quantitative estimate of drug-likeness (QED) is 0.582. The number of nitrogens with one attached hydrogen (secondary N) is 2. The van der Waals surface area contributed by atoms with E-state index in [1.807, 2.05) is 0 Å². The van der Waals surface area contributed by atoms with Crippen molar-refractivity contribution in [2.24, 2.45) is 5.73 Å². The van der Waals surface area contributed by atoms with Crippen LogP contribution in [0.5, 0.6) is 0 Å². The first kappa shape index (κ1) is 14.4. The van der Waals surface area contributed by atoms with E-state index in [2.05, 4.69) is 5.32 Å². The zero-order valence-electron chi connectivity index (χ0n) is 10.5. The number of amides is 1. The first-order chi connectivity index (χ1) is 8.19. The molecule has 0 spiro atoms. The number of nitrogen functional groups attached to an aromatic ring is 1.